The zero-order valence-electron chi connectivity index (χ0n) is 13.8. The molecule has 1 aliphatic heterocycles. The van der Waals surface area contributed by atoms with Gasteiger partial charge < -0.3 is 10.2 Å². The van der Waals surface area contributed by atoms with E-state index in [1.54, 1.807) is 13.1 Å². The van der Waals surface area contributed by atoms with E-state index in [9.17, 15) is 18.0 Å². The van der Waals surface area contributed by atoms with Gasteiger partial charge in [0.05, 0.1) is 11.8 Å². The molecule has 0 saturated heterocycles. The Morgan fingerprint density at radius 1 is 1.24 bits per heavy atom. The lowest BCUT2D eigenvalue weighted by Gasteiger charge is -2.35. The Morgan fingerprint density at radius 2 is 1.96 bits per heavy atom. The first-order valence-electron chi connectivity index (χ1n) is 8.11. The van der Waals surface area contributed by atoms with Crippen LogP contribution in [0.4, 0.5) is 24.7 Å². The Kier molecular flexibility index (Phi) is 4.69. The monoisotopic (exact) mass is 352 g/mol. The number of anilines is 2. The summed E-state index contributed by atoms with van der Waals surface area (Å²) in [6.07, 6.45) is -2.27. The number of carbonyl (C=O) groups excluding carboxylic acids is 1. The molecule has 0 fully saturated rings. The van der Waals surface area contributed by atoms with Crippen LogP contribution in [0.15, 0.2) is 36.5 Å². The van der Waals surface area contributed by atoms with Crippen LogP contribution in [0.5, 0.6) is 0 Å². The summed E-state index contributed by atoms with van der Waals surface area (Å²) < 4.78 is 40.1. The van der Waals surface area contributed by atoms with E-state index in [-0.39, 0.29) is 11.8 Å². The first-order chi connectivity index (χ1) is 11.9. The third-order valence-corrected chi connectivity index (χ3v) is 4.26. The predicted molar refractivity (Wildman–Crippen MR) is 87.5 cm³/mol. The number of benzene rings is 1. The van der Waals surface area contributed by atoms with Crippen LogP contribution in [0.3, 0.4) is 0 Å². The number of hydrogen-bond acceptors (Lipinski definition) is 3. The number of alkyl halides is 3. The van der Waals surface area contributed by atoms with Crippen molar-refractivity contribution >= 4 is 17.4 Å². The Morgan fingerprint density at radius 3 is 2.60 bits per heavy atom. The van der Waals surface area contributed by atoms with E-state index >= 15 is 0 Å². The van der Waals surface area contributed by atoms with Gasteiger partial charge >= 0.3 is 6.18 Å². The van der Waals surface area contributed by atoms with Crippen LogP contribution in [0, 0.1) is 5.92 Å². The van der Waals surface area contributed by atoms with E-state index in [1.165, 1.54) is 12.1 Å². The number of halogens is 3. The van der Waals surface area contributed by atoms with Gasteiger partial charge in [-0.25, -0.2) is 4.68 Å². The van der Waals surface area contributed by atoms with Gasteiger partial charge in [-0.2, -0.15) is 18.3 Å². The van der Waals surface area contributed by atoms with E-state index in [0.29, 0.717) is 31.7 Å². The molecule has 5 nitrogen and oxygen atoms in total. The summed E-state index contributed by atoms with van der Waals surface area (Å²) in [5.74, 6) is 0.926. The largest absolute Gasteiger partial charge is 0.416 e. The lowest BCUT2D eigenvalue weighted by molar-refractivity contribution is -0.137. The van der Waals surface area contributed by atoms with E-state index in [4.69, 9.17) is 0 Å². The first-order valence-corrected chi connectivity index (χ1v) is 8.11. The molecule has 1 aromatic carbocycles. The van der Waals surface area contributed by atoms with Crippen molar-refractivity contribution in [3.05, 3.63) is 42.1 Å². The normalized spacial score (nSPS) is 17.3. The molecule has 25 heavy (non-hydrogen) atoms. The number of amides is 1. The lowest BCUT2D eigenvalue weighted by atomic mass is 10.1. The molecule has 0 saturated carbocycles. The van der Waals surface area contributed by atoms with Crippen LogP contribution in [0.2, 0.25) is 0 Å². The van der Waals surface area contributed by atoms with Gasteiger partial charge in [0, 0.05) is 43.7 Å². The summed E-state index contributed by atoms with van der Waals surface area (Å²) in [5, 5.41) is 7.14. The zero-order valence-corrected chi connectivity index (χ0v) is 13.8. The molecule has 0 radical (unpaired) electrons. The van der Waals surface area contributed by atoms with Gasteiger partial charge in [0.1, 0.15) is 5.82 Å². The SMILES string of the molecule is CCC(=O)NCC1CN(c2ccc(C(F)(F)F)cc2)c2ccnn2C1. The van der Waals surface area contributed by atoms with Gasteiger partial charge in [0.25, 0.3) is 0 Å². The molecule has 3 rings (SSSR count). The minimum absolute atomic E-state index is 0.0210. The summed E-state index contributed by atoms with van der Waals surface area (Å²) in [6, 6.07) is 6.93. The van der Waals surface area contributed by atoms with E-state index < -0.39 is 11.7 Å². The van der Waals surface area contributed by atoms with Crippen LogP contribution < -0.4 is 10.2 Å². The number of carbonyl (C=O) groups is 1. The van der Waals surface area contributed by atoms with Crippen molar-refractivity contribution < 1.29 is 18.0 Å². The fraction of sp³-hybridized carbons (Fsp3) is 0.412. The van der Waals surface area contributed by atoms with Crippen molar-refractivity contribution in [2.24, 2.45) is 5.92 Å². The fourth-order valence-electron chi connectivity index (χ4n) is 2.93. The minimum atomic E-state index is -4.35. The van der Waals surface area contributed by atoms with Crippen molar-refractivity contribution in [3.63, 3.8) is 0 Å². The minimum Gasteiger partial charge on any atom is -0.356 e. The van der Waals surface area contributed by atoms with Crippen LogP contribution in [-0.4, -0.2) is 28.8 Å². The van der Waals surface area contributed by atoms with E-state index in [2.05, 4.69) is 10.4 Å². The maximum atomic E-state index is 12.8. The summed E-state index contributed by atoms with van der Waals surface area (Å²) in [4.78, 5) is 13.4. The summed E-state index contributed by atoms with van der Waals surface area (Å²) >= 11 is 0. The van der Waals surface area contributed by atoms with Gasteiger partial charge in [-0.1, -0.05) is 6.92 Å². The molecular weight excluding hydrogens is 333 g/mol. The lowest BCUT2D eigenvalue weighted by Crippen LogP contribution is -2.41. The van der Waals surface area contributed by atoms with Gasteiger partial charge in [0.2, 0.25) is 5.91 Å². The smallest absolute Gasteiger partial charge is 0.356 e. The Hall–Kier alpha value is -2.51. The maximum absolute atomic E-state index is 12.8. The molecule has 8 heteroatoms. The highest BCUT2D eigenvalue weighted by Gasteiger charge is 2.31. The molecule has 2 aromatic rings. The second-order valence-electron chi connectivity index (χ2n) is 6.05. The van der Waals surface area contributed by atoms with E-state index in [1.807, 2.05) is 15.6 Å². The van der Waals surface area contributed by atoms with Crippen molar-refractivity contribution in [1.82, 2.24) is 15.1 Å². The number of nitrogens with one attached hydrogen (secondary N) is 1. The Balaban J connectivity index is 1.81. The average molecular weight is 352 g/mol. The second kappa shape index (κ2) is 6.78. The Bertz CT molecular complexity index is 739. The number of hydrogen-bond donors (Lipinski definition) is 1. The highest BCUT2D eigenvalue weighted by Crippen LogP contribution is 2.34. The molecule has 1 amide bonds. The van der Waals surface area contributed by atoms with Crippen molar-refractivity contribution in [1.29, 1.82) is 0 Å². The molecule has 0 aliphatic carbocycles. The maximum Gasteiger partial charge on any atom is 0.416 e. The molecule has 0 spiro atoms. The first kappa shape index (κ1) is 17.3. The molecule has 1 N–H and O–H groups in total. The Labute approximate surface area is 143 Å². The number of aromatic nitrogens is 2. The number of fused-ring (bicyclic) bond motifs is 1. The van der Waals surface area contributed by atoms with Gasteiger partial charge in [-0.15, -0.1) is 0 Å². The van der Waals surface area contributed by atoms with E-state index in [0.717, 1.165) is 18.0 Å². The summed E-state index contributed by atoms with van der Waals surface area (Å²) in [5.41, 5.74) is -0.00482. The third-order valence-electron chi connectivity index (χ3n) is 4.26. The number of nitrogens with zero attached hydrogens (tertiary/aromatic N) is 3. The molecule has 1 atom stereocenters. The van der Waals surface area contributed by atoms with Crippen LogP contribution in [0.25, 0.3) is 0 Å². The van der Waals surface area contributed by atoms with Crippen molar-refractivity contribution in [2.75, 3.05) is 18.0 Å². The third kappa shape index (κ3) is 3.78. The number of rotatable bonds is 4. The van der Waals surface area contributed by atoms with Crippen molar-refractivity contribution in [3.8, 4) is 0 Å². The highest BCUT2D eigenvalue weighted by atomic mass is 19.4. The van der Waals surface area contributed by atoms with Crippen LogP contribution >= 0.6 is 0 Å². The molecular formula is C17H19F3N4O. The standard InChI is InChI=1S/C17H19F3N4O/c1-2-15(25)21-9-12-10-23(16-7-8-22-24(16)11-12)14-5-3-13(4-6-14)17(18,19)20/h3-8,12H,2,9-11H2,1H3,(H,21,25). The molecule has 1 aromatic heterocycles. The molecule has 1 unspecified atom stereocenters. The fourth-order valence-corrected chi connectivity index (χ4v) is 2.93. The average Bonchev–Trinajstić information content (AvgIpc) is 3.06. The topological polar surface area (TPSA) is 50.2 Å². The predicted octanol–water partition coefficient (Wildman–Crippen LogP) is 3.20. The molecule has 2 heterocycles. The molecule has 1 aliphatic rings. The second-order valence-corrected chi connectivity index (χ2v) is 6.05. The highest BCUT2D eigenvalue weighted by molar-refractivity contribution is 5.75. The van der Waals surface area contributed by atoms with Gasteiger partial charge in [0.15, 0.2) is 0 Å². The van der Waals surface area contributed by atoms with Gasteiger partial charge in [-0.05, 0) is 24.3 Å². The summed E-state index contributed by atoms with van der Waals surface area (Å²) in [6.45, 7) is 3.55. The zero-order chi connectivity index (χ0) is 18.0. The van der Waals surface area contributed by atoms with Gasteiger partial charge in [-0.3, -0.25) is 4.79 Å². The van der Waals surface area contributed by atoms with Crippen molar-refractivity contribution in [2.45, 2.75) is 26.1 Å². The molecule has 134 valence electrons. The van der Waals surface area contributed by atoms with Crippen LogP contribution in [0.1, 0.15) is 18.9 Å². The quantitative estimate of drug-likeness (QED) is 0.919. The summed E-state index contributed by atoms with van der Waals surface area (Å²) in [7, 11) is 0. The van der Waals surface area contributed by atoms with Crippen LogP contribution in [-0.2, 0) is 17.5 Å². The molecule has 0 bridgehead atoms.